The highest BCUT2D eigenvalue weighted by Gasteiger charge is 2.16. The SMILES string of the molecule is CC1CCCCC1=NNC(=O)CCC(=O)Nc1ccccc1Br. The van der Waals surface area contributed by atoms with Crippen molar-refractivity contribution in [1.29, 1.82) is 0 Å². The number of hydrazone groups is 1. The van der Waals surface area contributed by atoms with E-state index in [1.165, 1.54) is 6.42 Å². The van der Waals surface area contributed by atoms with Gasteiger partial charge >= 0.3 is 0 Å². The number of para-hydroxylation sites is 1. The first-order valence-corrected chi connectivity index (χ1v) is 8.75. The lowest BCUT2D eigenvalue weighted by Gasteiger charge is -2.19. The van der Waals surface area contributed by atoms with Gasteiger partial charge in [-0.25, -0.2) is 5.43 Å². The van der Waals surface area contributed by atoms with Gasteiger partial charge in [-0.15, -0.1) is 0 Å². The molecule has 2 N–H and O–H groups in total. The summed E-state index contributed by atoms with van der Waals surface area (Å²) in [6, 6.07) is 7.37. The number of hydrogen-bond acceptors (Lipinski definition) is 3. The first kappa shape index (κ1) is 17.7. The Bertz CT molecular complexity index is 601. The molecule has 2 amide bonds. The fraction of sp³-hybridized carbons (Fsp3) is 0.471. The van der Waals surface area contributed by atoms with E-state index >= 15 is 0 Å². The Labute approximate surface area is 145 Å². The number of carbonyl (C=O) groups is 2. The normalized spacial score (nSPS) is 19.4. The summed E-state index contributed by atoms with van der Waals surface area (Å²) < 4.78 is 0.815. The Hall–Kier alpha value is -1.69. The summed E-state index contributed by atoms with van der Waals surface area (Å²) in [5.41, 5.74) is 4.33. The molecular weight excluding hydrogens is 358 g/mol. The second-order valence-corrected chi connectivity index (χ2v) is 6.67. The van der Waals surface area contributed by atoms with Gasteiger partial charge in [0.15, 0.2) is 0 Å². The zero-order valence-corrected chi connectivity index (χ0v) is 14.9. The van der Waals surface area contributed by atoms with Gasteiger partial charge in [-0.2, -0.15) is 5.10 Å². The average Bonchev–Trinajstić information content (AvgIpc) is 2.54. The van der Waals surface area contributed by atoms with E-state index in [2.05, 4.69) is 38.7 Å². The number of halogens is 1. The van der Waals surface area contributed by atoms with E-state index in [1.807, 2.05) is 18.2 Å². The standard InChI is InChI=1S/C17H22BrN3O2/c1-12-6-2-4-8-14(12)20-21-17(23)11-10-16(22)19-15-9-5-3-7-13(15)18/h3,5,7,9,12H,2,4,6,8,10-11H2,1H3,(H,19,22)(H,21,23). The van der Waals surface area contributed by atoms with Crippen LogP contribution in [0.5, 0.6) is 0 Å². The van der Waals surface area contributed by atoms with E-state index in [0.717, 1.165) is 29.4 Å². The number of hydrogen-bond donors (Lipinski definition) is 2. The second-order valence-electron chi connectivity index (χ2n) is 5.81. The predicted molar refractivity (Wildman–Crippen MR) is 95.2 cm³/mol. The zero-order chi connectivity index (χ0) is 16.7. The third-order valence-corrected chi connectivity index (χ3v) is 4.63. The maximum absolute atomic E-state index is 11.9. The number of anilines is 1. The van der Waals surface area contributed by atoms with Crippen molar-refractivity contribution < 1.29 is 9.59 Å². The molecule has 124 valence electrons. The molecule has 1 atom stereocenters. The van der Waals surface area contributed by atoms with Crippen LogP contribution < -0.4 is 10.7 Å². The van der Waals surface area contributed by atoms with Gasteiger partial charge in [-0.3, -0.25) is 9.59 Å². The molecule has 0 aromatic heterocycles. The largest absolute Gasteiger partial charge is 0.325 e. The third-order valence-electron chi connectivity index (χ3n) is 3.94. The van der Waals surface area contributed by atoms with Gasteiger partial charge in [0.2, 0.25) is 11.8 Å². The summed E-state index contributed by atoms with van der Waals surface area (Å²) >= 11 is 3.37. The highest BCUT2D eigenvalue weighted by Crippen LogP contribution is 2.22. The third kappa shape index (κ3) is 5.78. The van der Waals surface area contributed by atoms with Crippen molar-refractivity contribution >= 4 is 39.1 Å². The quantitative estimate of drug-likeness (QED) is 0.762. The minimum Gasteiger partial charge on any atom is -0.325 e. The molecule has 2 rings (SSSR count). The molecule has 1 unspecified atom stereocenters. The lowest BCUT2D eigenvalue weighted by Crippen LogP contribution is -2.25. The van der Waals surface area contributed by atoms with Crippen LogP contribution in [0.25, 0.3) is 0 Å². The van der Waals surface area contributed by atoms with Gasteiger partial charge in [0.1, 0.15) is 0 Å². The van der Waals surface area contributed by atoms with Crippen LogP contribution in [0.15, 0.2) is 33.8 Å². The Kier molecular flexibility index (Phi) is 6.77. The monoisotopic (exact) mass is 379 g/mol. The Morgan fingerprint density at radius 3 is 2.70 bits per heavy atom. The summed E-state index contributed by atoms with van der Waals surface area (Å²) in [4.78, 5) is 23.7. The molecule has 0 bridgehead atoms. The topological polar surface area (TPSA) is 70.6 Å². The van der Waals surface area contributed by atoms with E-state index in [0.29, 0.717) is 11.6 Å². The first-order valence-electron chi connectivity index (χ1n) is 7.96. The van der Waals surface area contributed by atoms with Crippen molar-refractivity contribution in [2.75, 3.05) is 5.32 Å². The fourth-order valence-corrected chi connectivity index (χ4v) is 2.91. The second kappa shape index (κ2) is 8.82. The van der Waals surface area contributed by atoms with E-state index in [-0.39, 0.29) is 24.7 Å². The van der Waals surface area contributed by atoms with Crippen molar-refractivity contribution in [3.63, 3.8) is 0 Å². The molecule has 0 radical (unpaired) electrons. The van der Waals surface area contributed by atoms with Crippen LogP contribution in [0, 0.1) is 5.92 Å². The number of benzene rings is 1. The van der Waals surface area contributed by atoms with E-state index in [9.17, 15) is 9.59 Å². The molecule has 1 aromatic carbocycles. The van der Waals surface area contributed by atoms with Crippen LogP contribution in [0.4, 0.5) is 5.69 Å². The smallest absolute Gasteiger partial charge is 0.240 e. The average molecular weight is 380 g/mol. The van der Waals surface area contributed by atoms with Gasteiger partial charge < -0.3 is 5.32 Å². The van der Waals surface area contributed by atoms with Crippen molar-refractivity contribution in [1.82, 2.24) is 5.43 Å². The molecule has 5 nitrogen and oxygen atoms in total. The molecule has 23 heavy (non-hydrogen) atoms. The highest BCUT2D eigenvalue weighted by molar-refractivity contribution is 9.10. The fourth-order valence-electron chi connectivity index (χ4n) is 2.53. The van der Waals surface area contributed by atoms with Crippen LogP contribution >= 0.6 is 15.9 Å². The molecule has 0 aliphatic heterocycles. The summed E-state index contributed by atoms with van der Waals surface area (Å²) in [6.07, 6.45) is 4.69. The molecule has 1 fully saturated rings. The van der Waals surface area contributed by atoms with Crippen LogP contribution in [-0.2, 0) is 9.59 Å². The van der Waals surface area contributed by atoms with Gasteiger partial charge in [0.25, 0.3) is 0 Å². The molecular formula is C17H22BrN3O2. The maximum atomic E-state index is 11.9. The van der Waals surface area contributed by atoms with Gasteiger partial charge in [0.05, 0.1) is 5.69 Å². The van der Waals surface area contributed by atoms with Gasteiger partial charge in [-0.05, 0) is 53.2 Å². The molecule has 0 heterocycles. The molecule has 1 aliphatic rings. The molecule has 1 aromatic rings. The minimum atomic E-state index is -0.224. The predicted octanol–water partition coefficient (Wildman–Crippen LogP) is 3.85. The van der Waals surface area contributed by atoms with Crippen molar-refractivity contribution in [3.05, 3.63) is 28.7 Å². The summed E-state index contributed by atoms with van der Waals surface area (Å²) in [6.45, 7) is 2.13. The van der Waals surface area contributed by atoms with Crippen LogP contribution in [0.2, 0.25) is 0 Å². The van der Waals surface area contributed by atoms with Crippen molar-refractivity contribution in [2.24, 2.45) is 11.0 Å². The van der Waals surface area contributed by atoms with Crippen molar-refractivity contribution in [3.8, 4) is 0 Å². The summed E-state index contributed by atoms with van der Waals surface area (Å²) in [5, 5.41) is 6.99. The summed E-state index contributed by atoms with van der Waals surface area (Å²) in [5.74, 6) is 0.0195. The number of amides is 2. The minimum absolute atomic E-state index is 0.126. The molecule has 1 saturated carbocycles. The van der Waals surface area contributed by atoms with E-state index in [1.54, 1.807) is 6.07 Å². The van der Waals surface area contributed by atoms with Gasteiger partial charge in [-0.1, -0.05) is 25.5 Å². The maximum Gasteiger partial charge on any atom is 0.240 e. The van der Waals surface area contributed by atoms with Gasteiger partial charge in [0, 0.05) is 23.0 Å². The van der Waals surface area contributed by atoms with Crippen molar-refractivity contribution in [2.45, 2.75) is 45.4 Å². The Morgan fingerprint density at radius 1 is 1.22 bits per heavy atom. The molecule has 1 aliphatic carbocycles. The van der Waals surface area contributed by atoms with Crippen LogP contribution in [0.3, 0.4) is 0 Å². The molecule has 6 heteroatoms. The van der Waals surface area contributed by atoms with E-state index in [4.69, 9.17) is 0 Å². The number of nitrogens with zero attached hydrogens (tertiary/aromatic N) is 1. The molecule has 0 spiro atoms. The Morgan fingerprint density at radius 2 is 1.96 bits per heavy atom. The summed E-state index contributed by atoms with van der Waals surface area (Å²) in [7, 11) is 0. The number of carbonyl (C=O) groups excluding carboxylic acids is 2. The van der Waals surface area contributed by atoms with Crippen LogP contribution in [-0.4, -0.2) is 17.5 Å². The lowest BCUT2D eigenvalue weighted by atomic mass is 9.89. The molecule has 0 saturated heterocycles. The number of nitrogens with one attached hydrogen (secondary N) is 2. The Balaban J connectivity index is 1.74. The zero-order valence-electron chi connectivity index (χ0n) is 13.3. The first-order chi connectivity index (χ1) is 11.1. The lowest BCUT2D eigenvalue weighted by molar-refractivity contribution is -0.124. The van der Waals surface area contributed by atoms with Crippen LogP contribution in [0.1, 0.15) is 45.4 Å². The van der Waals surface area contributed by atoms with E-state index < -0.39 is 0 Å². The number of rotatable bonds is 5. The highest BCUT2D eigenvalue weighted by atomic mass is 79.9.